The van der Waals surface area contributed by atoms with Gasteiger partial charge in [0, 0.05) is 25.7 Å². The Labute approximate surface area is 582 Å². The topological polar surface area (TPSA) is 237 Å². The molecule has 0 saturated carbocycles. The van der Waals surface area contributed by atoms with Crippen LogP contribution < -0.4 is 0 Å². The molecule has 19 heteroatoms. The molecule has 0 fully saturated rings. The van der Waals surface area contributed by atoms with Gasteiger partial charge in [-0.15, -0.1) is 0 Å². The number of allylic oxidation sites excluding steroid dienone is 16. The van der Waals surface area contributed by atoms with E-state index in [1.165, 1.54) is 51.4 Å². The largest absolute Gasteiger partial charge is 0.472 e. The Hall–Kier alpha value is -4.02. The van der Waals surface area contributed by atoms with Gasteiger partial charge < -0.3 is 33.8 Å². The van der Waals surface area contributed by atoms with Gasteiger partial charge in [0.15, 0.2) is 12.2 Å². The second-order valence-electron chi connectivity index (χ2n) is 24.8. The van der Waals surface area contributed by atoms with Gasteiger partial charge in [0.05, 0.1) is 26.4 Å². The molecular weight excluding hydrogens is 1260 g/mol. The first-order chi connectivity index (χ1) is 46.7. The van der Waals surface area contributed by atoms with Gasteiger partial charge in [0.25, 0.3) is 0 Å². The molecule has 3 N–H and O–H groups in total. The number of phosphoric acid groups is 2. The third-order valence-corrected chi connectivity index (χ3v) is 17.4. The second kappa shape index (κ2) is 69.5. The van der Waals surface area contributed by atoms with Crippen molar-refractivity contribution in [2.45, 2.75) is 329 Å². The number of rotatable bonds is 70. The Kier molecular flexibility index (Phi) is 66.6. The van der Waals surface area contributed by atoms with Crippen LogP contribution in [0.15, 0.2) is 97.2 Å². The molecule has 0 aliphatic heterocycles. The zero-order valence-electron chi connectivity index (χ0n) is 60.3. The Morgan fingerprint density at radius 3 is 0.844 bits per heavy atom. The molecule has 17 nitrogen and oxygen atoms in total. The number of ether oxygens (including phenoxy) is 4. The van der Waals surface area contributed by atoms with Gasteiger partial charge in [-0.1, -0.05) is 240 Å². The van der Waals surface area contributed by atoms with Crippen molar-refractivity contribution < 1.29 is 80.2 Å². The van der Waals surface area contributed by atoms with Crippen LogP contribution in [0.5, 0.6) is 0 Å². The predicted molar refractivity (Wildman–Crippen MR) is 390 cm³/mol. The van der Waals surface area contributed by atoms with Crippen LogP contribution in [-0.4, -0.2) is 96.7 Å². The summed E-state index contributed by atoms with van der Waals surface area (Å²) in [5.74, 6) is -2.22. The molecule has 96 heavy (non-hydrogen) atoms. The van der Waals surface area contributed by atoms with E-state index >= 15 is 0 Å². The number of carbonyl (C=O) groups is 4. The lowest BCUT2D eigenvalue weighted by atomic mass is 10.1. The number of hydrogen-bond donors (Lipinski definition) is 3. The van der Waals surface area contributed by atoms with E-state index in [1.807, 2.05) is 0 Å². The first kappa shape index (κ1) is 92.0. The lowest BCUT2D eigenvalue weighted by Gasteiger charge is -2.21. The molecule has 5 atom stereocenters. The van der Waals surface area contributed by atoms with Crippen LogP contribution in [0.4, 0.5) is 0 Å². The zero-order valence-corrected chi connectivity index (χ0v) is 62.1. The highest BCUT2D eigenvalue weighted by Crippen LogP contribution is 2.45. The van der Waals surface area contributed by atoms with Gasteiger partial charge in [-0.25, -0.2) is 9.13 Å². The molecule has 0 radical (unpaired) electrons. The summed E-state index contributed by atoms with van der Waals surface area (Å²) in [6, 6.07) is 0. The highest BCUT2D eigenvalue weighted by atomic mass is 31.2. The number of esters is 4. The van der Waals surface area contributed by atoms with Gasteiger partial charge in [-0.05, 0) is 141 Å². The number of phosphoric ester groups is 2. The maximum atomic E-state index is 13.1. The van der Waals surface area contributed by atoms with Gasteiger partial charge in [0.1, 0.15) is 19.3 Å². The predicted octanol–water partition coefficient (Wildman–Crippen LogP) is 21.2. The fourth-order valence-electron chi connectivity index (χ4n) is 9.83. The van der Waals surface area contributed by atoms with E-state index in [4.69, 9.17) is 37.0 Å². The first-order valence-electron chi connectivity index (χ1n) is 37.5. The second-order valence-corrected chi connectivity index (χ2v) is 27.7. The van der Waals surface area contributed by atoms with E-state index in [0.29, 0.717) is 25.7 Å². The molecule has 0 aromatic rings. The molecule has 0 aliphatic carbocycles. The van der Waals surface area contributed by atoms with E-state index in [-0.39, 0.29) is 25.7 Å². The van der Waals surface area contributed by atoms with Crippen molar-refractivity contribution >= 4 is 39.5 Å². The zero-order chi connectivity index (χ0) is 70.4. The number of carbonyl (C=O) groups excluding carboxylic acids is 4. The average molecular weight is 1390 g/mol. The van der Waals surface area contributed by atoms with Crippen molar-refractivity contribution in [3.05, 3.63) is 97.2 Å². The minimum absolute atomic E-state index is 0.0708. The Bertz CT molecular complexity index is 2200. The molecule has 0 heterocycles. The summed E-state index contributed by atoms with van der Waals surface area (Å²) >= 11 is 0. The third kappa shape index (κ3) is 68.5. The maximum Gasteiger partial charge on any atom is 0.472 e. The van der Waals surface area contributed by atoms with Crippen LogP contribution >= 0.6 is 15.6 Å². The van der Waals surface area contributed by atoms with Gasteiger partial charge in [-0.2, -0.15) is 0 Å². The molecule has 0 aliphatic rings. The van der Waals surface area contributed by atoms with Crippen molar-refractivity contribution in [3.8, 4) is 0 Å². The monoisotopic (exact) mass is 1390 g/mol. The van der Waals surface area contributed by atoms with Gasteiger partial charge >= 0.3 is 39.5 Å². The summed E-state index contributed by atoms with van der Waals surface area (Å²) in [6.07, 6.45) is 71.1. The number of hydrogen-bond acceptors (Lipinski definition) is 15. The summed E-state index contributed by atoms with van der Waals surface area (Å²) in [5.41, 5.74) is 0. The molecule has 0 amide bonds. The highest BCUT2D eigenvalue weighted by Gasteiger charge is 2.30. The van der Waals surface area contributed by atoms with E-state index in [1.54, 1.807) is 0 Å². The van der Waals surface area contributed by atoms with Crippen LogP contribution in [0.1, 0.15) is 310 Å². The Balaban J connectivity index is 5.37. The summed E-state index contributed by atoms with van der Waals surface area (Å²) in [4.78, 5) is 72.8. The quantitative estimate of drug-likeness (QED) is 0.0169. The van der Waals surface area contributed by atoms with Crippen LogP contribution in [0.3, 0.4) is 0 Å². The van der Waals surface area contributed by atoms with Crippen LogP contribution in [0, 0.1) is 0 Å². The molecule has 0 bridgehead atoms. The van der Waals surface area contributed by atoms with Crippen molar-refractivity contribution in [3.63, 3.8) is 0 Å². The normalized spacial score (nSPS) is 14.5. The maximum absolute atomic E-state index is 13.1. The Morgan fingerprint density at radius 1 is 0.302 bits per heavy atom. The highest BCUT2D eigenvalue weighted by molar-refractivity contribution is 7.47. The van der Waals surface area contributed by atoms with Crippen molar-refractivity contribution in [1.29, 1.82) is 0 Å². The summed E-state index contributed by atoms with van der Waals surface area (Å²) in [6.45, 7) is 4.57. The van der Waals surface area contributed by atoms with Crippen LogP contribution in [0.25, 0.3) is 0 Å². The van der Waals surface area contributed by atoms with E-state index in [9.17, 15) is 43.2 Å². The van der Waals surface area contributed by atoms with Crippen molar-refractivity contribution in [1.82, 2.24) is 0 Å². The Morgan fingerprint density at radius 2 is 0.542 bits per heavy atom. The first-order valence-corrected chi connectivity index (χ1v) is 40.5. The van der Waals surface area contributed by atoms with Crippen LogP contribution in [0.2, 0.25) is 0 Å². The van der Waals surface area contributed by atoms with Gasteiger partial charge in [0.2, 0.25) is 0 Å². The summed E-state index contributed by atoms with van der Waals surface area (Å²) in [5, 5.41) is 10.6. The fourth-order valence-corrected chi connectivity index (χ4v) is 11.4. The lowest BCUT2D eigenvalue weighted by molar-refractivity contribution is -0.161. The van der Waals surface area contributed by atoms with Crippen molar-refractivity contribution in [2.24, 2.45) is 0 Å². The third-order valence-electron chi connectivity index (χ3n) is 15.5. The SMILES string of the molecule is CC/C=C\C/C=C\C/C=C\CCCCCCCC(=O)OCC(COP(=O)(O)OCC(O)COP(=O)(O)OCC(COC(=O)CCCCCCC/C=C\CCCCCC)OC(=O)CCCCCCC/C=C\CCCCCC)OC(=O)CCCCCCC/C=C\C/C=C\C/C=C\CC. The number of aliphatic hydroxyl groups excluding tert-OH is 1. The smallest absolute Gasteiger partial charge is 0.462 e. The standard InChI is InChI=1S/C77H134O17P2/c1-5-9-13-17-21-25-29-33-35-39-42-46-50-54-58-62-75(80)88-68-73(94-77(82)64-60-56-52-48-44-40-36-34-30-26-22-18-14-10-6-2)70-92-96(85,86)90-66-71(78)65-89-95(83,84)91-69-72(93-76(81)63-59-55-51-47-43-38-32-28-24-20-16-12-8-4)67-87-74(79)61-57-53-49-45-41-37-31-27-23-19-15-11-7-3/h9-10,13-14,21-22,25-28,31-36,71-73,78H,5-8,11-12,15-20,23-24,29-30,37-70H2,1-4H3,(H,83,84)(H,85,86)/b13-9-,14-10-,25-21-,26-22-,31-27-,32-28-,35-33-,36-34-. The molecule has 0 spiro atoms. The van der Waals surface area contributed by atoms with Crippen molar-refractivity contribution in [2.75, 3.05) is 39.6 Å². The number of aliphatic hydroxyl groups is 1. The number of unbranched alkanes of at least 4 members (excludes halogenated alkanes) is 28. The molecule has 554 valence electrons. The summed E-state index contributed by atoms with van der Waals surface area (Å²) in [7, 11) is -9.95. The fraction of sp³-hybridized carbons (Fsp3) is 0.740. The van der Waals surface area contributed by atoms with E-state index < -0.39 is 97.5 Å². The lowest BCUT2D eigenvalue weighted by Crippen LogP contribution is -2.30. The average Bonchev–Trinajstić information content (AvgIpc) is 1.36. The summed E-state index contributed by atoms with van der Waals surface area (Å²) < 4.78 is 68.4. The minimum atomic E-state index is -4.98. The molecule has 0 aromatic heterocycles. The molecule has 0 aromatic carbocycles. The van der Waals surface area contributed by atoms with E-state index in [2.05, 4.69) is 125 Å². The van der Waals surface area contributed by atoms with Gasteiger partial charge in [-0.3, -0.25) is 37.3 Å². The minimum Gasteiger partial charge on any atom is -0.462 e. The molecule has 0 saturated heterocycles. The van der Waals surface area contributed by atoms with E-state index in [0.717, 1.165) is 180 Å². The molecule has 0 rings (SSSR count). The van der Waals surface area contributed by atoms with Crippen LogP contribution in [-0.2, 0) is 65.4 Å². The molecular formula is C77H134O17P2. The molecule has 5 unspecified atom stereocenters.